The molecule has 1 rings (SSSR count). The lowest BCUT2D eigenvalue weighted by Gasteiger charge is -2.22. The minimum Gasteiger partial charge on any atom is -0.381 e. The normalized spacial score (nSPS) is 20.4. The van der Waals surface area contributed by atoms with Gasteiger partial charge in [0.15, 0.2) is 0 Å². The molecule has 1 aliphatic heterocycles. The number of hydrogen-bond acceptors (Lipinski definition) is 3. The summed E-state index contributed by atoms with van der Waals surface area (Å²) in [5.41, 5.74) is 0. The fraction of sp³-hybridized carbons (Fsp3) is 1.00. The molecule has 0 spiro atoms. The van der Waals surface area contributed by atoms with E-state index in [4.69, 9.17) is 4.74 Å². The van der Waals surface area contributed by atoms with Crippen LogP contribution in [-0.4, -0.2) is 33.4 Å². The molecule has 0 aromatic rings. The zero-order valence-electron chi connectivity index (χ0n) is 7.95. The predicted molar refractivity (Wildman–Crippen MR) is 51.1 cm³/mol. The Morgan fingerprint density at radius 1 is 1.38 bits per heavy atom. The summed E-state index contributed by atoms with van der Waals surface area (Å²) in [5.74, 6) is 0. The number of nitrogens with one attached hydrogen (secondary N) is 1. The van der Waals surface area contributed by atoms with Gasteiger partial charge >= 0.3 is 0 Å². The van der Waals surface area contributed by atoms with Crippen LogP contribution in [0.3, 0.4) is 0 Å². The highest BCUT2D eigenvalue weighted by Gasteiger charge is 2.26. The Balaban J connectivity index is 2.47. The van der Waals surface area contributed by atoms with E-state index in [1.54, 1.807) is 0 Å². The monoisotopic (exact) mass is 207 g/mol. The fourth-order valence-electron chi connectivity index (χ4n) is 1.35. The van der Waals surface area contributed by atoms with Crippen molar-refractivity contribution >= 4 is 10.0 Å². The molecule has 0 bridgehead atoms. The lowest BCUT2D eigenvalue weighted by atomic mass is 10.2. The van der Waals surface area contributed by atoms with E-state index >= 15 is 0 Å². The third-order valence-electron chi connectivity index (χ3n) is 2.16. The van der Waals surface area contributed by atoms with Gasteiger partial charge in [-0.15, -0.1) is 0 Å². The van der Waals surface area contributed by atoms with E-state index in [9.17, 15) is 8.42 Å². The Hall–Kier alpha value is -0.130. The Labute approximate surface area is 79.7 Å². The molecule has 0 saturated carbocycles. The zero-order chi connectivity index (χ0) is 9.73. The van der Waals surface area contributed by atoms with Crippen molar-refractivity contribution in [1.29, 1.82) is 0 Å². The van der Waals surface area contributed by atoms with E-state index in [-0.39, 0.29) is 5.25 Å². The second kappa shape index (κ2) is 4.93. The van der Waals surface area contributed by atoms with E-state index in [1.807, 2.05) is 6.92 Å². The van der Waals surface area contributed by atoms with E-state index in [0.29, 0.717) is 32.6 Å². The highest BCUT2D eigenvalue weighted by atomic mass is 32.2. The molecule has 0 aromatic heterocycles. The van der Waals surface area contributed by atoms with Crippen molar-refractivity contribution < 1.29 is 13.2 Å². The molecule has 0 aliphatic carbocycles. The molecule has 0 amide bonds. The van der Waals surface area contributed by atoms with Gasteiger partial charge in [-0.25, -0.2) is 13.1 Å². The number of hydrogen-bond donors (Lipinski definition) is 1. The van der Waals surface area contributed by atoms with Crippen LogP contribution in [0.25, 0.3) is 0 Å². The summed E-state index contributed by atoms with van der Waals surface area (Å²) in [5, 5.41) is -0.243. The lowest BCUT2D eigenvalue weighted by Crippen LogP contribution is -2.38. The second-order valence-electron chi connectivity index (χ2n) is 3.25. The quantitative estimate of drug-likeness (QED) is 0.730. The first-order valence-electron chi connectivity index (χ1n) is 4.73. The number of ether oxygens (including phenoxy) is 1. The van der Waals surface area contributed by atoms with Crippen LogP contribution in [0.5, 0.6) is 0 Å². The topological polar surface area (TPSA) is 55.4 Å². The van der Waals surface area contributed by atoms with E-state index < -0.39 is 10.0 Å². The summed E-state index contributed by atoms with van der Waals surface area (Å²) in [7, 11) is -3.08. The minimum atomic E-state index is -3.08. The standard InChI is InChI=1S/C8H17NO3S/c1-2-5-9-13(10,11)8-3-6-12-7-4-8/h8-9H,2-7H2,1H3. The molecule has 1 N–H and O–H groups in total. The summed E-state index contributed by atoms with van der Waals surface area (Å²) in [4.78, 5) is 0. The van der Waals surface area contributed by atoms with Crippen LogP contribution in [0.15, 0.2) is 0 Å². The smallest absolute Gasteiger partial charge is 0.214 e. The molecular formula is C8H17NO3S. The second-order valence-corrected chi connectivity index (χ2v) is 5.30. The van der Waals surface area contributed by atoms with E-state index in [2.05, 4.69) is 4.72 Å². The van der Waals surface area contributed by atoms with Crippen LogP contribution in [0.1, 0.15) is 26.2 Å². The molecule has 1 fully saturated rings. The van der Waals surface area contributed by atoms with Crippen LogP contribution >= 0.6 is 0 Å². The summed E-state index contributed by atoms with van der Waals surface area (Å²) >= 11 is 0. The molecule has 78 valence electrons. The van der Waals surface area contributed by atoms with Crippen LogP contribution < -0.4 is 4.72 Å². The first-order valence-corrected chi connectivity index (χ1v) is 6.27. The predicted octanol–water partition coefficient (Wildman–Crippen LogP) is 0.495. The third-order valence-corrected chi connectivity index (χ3v) is 4.12. The van der Waals surface area contributed by atoms with Crippen molar-refractivity contribution in [2.75, 3.05) is 19.8 Å². The number of sulfonamides is 1. The summed E-state index contributed by atoms with van der Waals surface area (Å²) in [6, 6.07) is 0. The van der Waals surface area contributed by atoms with Crippen LogP contribution in [-0.2, 0) is 14.8 Å². The molecule has 1 saturated heterocycles. The van der Waals surface area contributed by atoms with Crippen molar-refractivity contribution in [2.45, 2.75) is 31.4 Å². The Kier molecular flexibility index (Phi) is 4.15. The van der Waals surface area contributed by atoms with Gasteiger partial charge in [-0.2, -0.15) is 0 Å². The van der Waals surface area contributed by atoms with Crippen molar-refractivity contribution in [3.63, 3.8) is 0 Å². The summed E-state index contributed by atoms with van der Waals surface area (Å²) < 4.78 is 30.9. The van der Waals surface area contributed by atoms with Gasteiger partial charge in [0.05, 0.1) is 5.25 Å². The van der Waals surface area contributed by atoms with Crippen LogP contribution in [0, 0.1) is 0 Å². The van der Waals surface area contributed by atoms with Gasteiger partial charge in [-0.3, -0.25) is 0 Å². The van der Waals surface area contributed by atoms with E-state index in [1.165, 1.54) is 0 Å². The SMILES string of the molecule is CCCNS(=O)(=O)C1CCOCC1. The highest BCUT2D eigenvalue weighted by molar-refractivity contribution is 7.90. The van der Waals surface area contributed by atoms with E-state index in [0.717, 1.165) is 6.42 Å². The maximum atomic E-state index is 11.6. The average molecular weight is 207 g/mol. The maximum Gasteiger partial charge on any atom is 0.214 e. The van der Waals surface area contributed by atoms with Crippen molar-refractivity contribution in [1.82, 2.24) is 4.72 Å². The van der Waals surface area contributed by atoms with Crippen LogP contribution in [0.2, 0.25) is 0 Å². The maximum absolute atomic E-state index is 11.6. The van der Waals surface area contributed by atoms with Gasteiger partial charge in [0.2, 0.25) is 10.0 Å². The van der Waals surface area contributed by atoms with Crippen molar-refractivity contribution in [2.24, 2.45) is 0 Å². The minimum absolute atomic E-state index is 0.243. The summed E-state index contributed by atoms with van der Waals surface area (Å²) in [6.45, 7) is 3.63. The molecule has 0 radical (unpaired) electrons. The number of rotatable bonds is 4. The third kappa shape index (κ3) is 3.25. The molecular weight excluding hydrogens is 190 g/mol. The molecule has 5 heteroatoms. The molecule has 1 aliphatic rings. The molecule has 13 heavy (non-hydrogen) atoms. The lowest BCUT2D eigenvalue weighted by molar-refractivity contribution is 0.0981. The van der Waals surface area contributed by atoms with Crippen molar-refractivity contribution in [3.8, 4) is 0 Å². The highest BCUT2D eigenvalue weighted by Crippen LogP contribution is 2.14. The Morgan fingerprint density at radius 2 is 2.00 bits per heavy atom. The molecule has 4 nitrogen and oxygen atoms in total. The zero-order valence-corrected chi connectivity index (χ0v) is 8.77. The van der Waals surface area contributed by atoms with Gasteiger partial charge in [0.25, 0.3) is 0 Å². The van der Waals surface area contributed by atoms with Gasteiger partial charge in [-0.1, -0.05) is 6.92 Å². The van der Waals surface area contributed by atoms with Gasteiger partial charge in [-0.05, 0) is 19.3 Å². The largest absolute Gasteiger partial charge is 0.381 e. The van der Waals surface area contributed by atoms with Gasteiger partial charge in [0.1, 0.15) is 0 Å². The van der Waals surface area contributed by atoms with Gasteiger partial charge < -0.3 is 4.74 Å². The molecule has 1 heterocycles. The molecule has 0 aromatic carbocycles. The first kappa shape index (κ1) is 10.9. The van der Waals surface area contributed by atoms with Crippen molar-refractivity contribution in [3.05, 3.63) is 0 Å². The fourth-order valence-corrected chi connectivity index (χ4v) is 2.89. The average Bonchev–Trinajstić information content (AvgIpc) is 2.16. The molecule has 0 atom stereocenters. The Morgan fingerprint density at radius 3 is 2.54 bits per heavy atom. The summed E-state index contributed by atoms with van der Waals surface area (Å²) in [6.07, 6.45) is 2.08. The molecule has 0 unspecified atom stereocenters. The van der Waals surface area contributed by atoms with Crippen LogP contribution in [0.4, 0.5) is 0 Å². The first-order chi connectivity index (χ1) is 6.17. The van der Waals surface area contributed by atoms with Gasteiger partial charge in [0, 0.05) is 19.8 Å². The Bertz CT molecular complexity index is 232.